The predicted molar refractivity (Wildman–Crippen MR) is 304 cm³/mol. The number of carboxylic acids is 1. The summed E-state index contributed by atoms with van der Waals surface area (Å²) >= 11 is 4.96. The minimum atomic E-state index is -0.891. The van der Waals surface area contributed by atoms with Crippen molar-refractivity contribution in [3.63, 3.8) is 0 Å². The summed E-state index contributed by atoms with van der Waals surface area (Å²) in [7, 11) is 7.16. The molecule has 3 fully saturated rings. The first-order valence-electron chi connectivity index (χ1n) is 27.6. The number of carbonyl (C=O) groups is 7. The number of likely N-dealkylation sites (tertiary alicyclic amines) is 3. The molecule has 22 nitrogen and oxygen atoms in total. The Morgan fingerprint density at radius 1 is 0.463 bits per heavy atom. The quantitative estimate of drug-likeness (QED) is 0.0303. The predicted octanol–water partition coefficient (Wildman–Crippen LogP) is 7.93. The number of aliphatic hydroxyl groups is 3. The third-order valence-corrected chi connectivity index (χ3v) is 12.2. The molecule has 0 amide bonds. The van der Waals surface area contributed by atoms with Crippen molar-refractivity contribution in [1.82, 2.24) is 14.7 Å². The molecule has 23 heteroatoms. The smallest absolute Gasteiger partial charge is 0.481 e. The molecular weight excluding hydrogens is 1090 g/mol. The Labute approximate surface area is 487 Å². The Balaban J connectivity index is 0.000000525. The fourth-order valence-electron chi connectivity index (χ4n) is 7.31. The van der Waals surface area contributed by atoms with Gasteiger partial charge in [0.25, 0.3) is 0 Å². The van der Waals surface area contributed by atoms with Crippen LogP contribution in [0.1, 0.15) is 107 Å². The number of hydrogen-bond donors (Lipinski definition) is 4. The average Bonchev–Trinajstić information content (AvgIpc) is 3.48. The number of hydrogen-bond acceptors (Lipinski definition) is 21. The van der Waals surface area contributed by atoms with Crippen LogP contribution in [0.15, 0.2) is 91.0 Å². The van der Waals surface area contributed by atoms with E-state index in [2.05, 4.69) is 26.5 Å². The van der Waals surface area contributed by atoms with Crippen LogP contribution in [0.2, 0.25) is 0 Å². The second kappa shape index (κ2) is 48.2. The van der Waals surface area contributed by atoms with E-state index in [9.17, 15) is 33.6 Å². The van der Waals surface area contributed by atoms with E-state index in [0.29, 0.717) is 32.3 Å². The molecule has 0 bridgehead atoms. The van der Waals surface area contributed by atoms with Crippen molar-refractivity contribution in [2.75, 3.05) is 93.9 Å². The summed E-state index contributed by atoms with van der Waals surface area (Å²) in [6.45, 7) is 7.03. The molecule has 82 heavy (non-hydrogen) atoms. The zero-order valence-electron chi connectivity index (χ0n) is 48.1. The van der Waals surface area contributed by atoms with E-state index in [-0.39, 0.29) is 102 Å². The number of piperidine rings is 3. The van der Waals surface area contributed by atoms with Gasteiger partial charge >= 0.3 is 41.6 Å². The summed E-state index contributed by atoms with van der Waals surface area (Å²) in [5, 5.41) is 32.9. The summed E-state index contributed by atoms with van der Waals surface area (Å²) in [5.41, 5.74) is 2.00. The zero-order valence-corrected chi connectivity index (χ0v) is 48.9. The molecule has 460 valence electrons. The maximum absolute atomic E-state index is 11.6. The number of rotatable bonds is 23. The number of ether oxygens (including phenoxy) is 8. The van der Waals surface area contributed by atoms with Gasteiger partial charge in [-0.2, -0.15) is 0 Å². The lowest BCUT2D eigenvalue weighted by Gasteiger charge is -2.28. The molecule has 3 saturated heterocycles. The maximum Gasteiger partial charge on any atom is 0.508 e. The van der Waals surface area contributed by atoms with E-state index in [4.69, 9.17) is 65.2 Å². The van der Waals surface area contributed by atoms with Crippen LogP contribution in [-0.4, -0.2) is 189 Å². The number of aliphatic carboxylic acids is 1. The number of aliphatic hydroxyl groups excluding tert-OH is 3. The highest BCUT2D eigenvalue weighted by atomic mass is 35.5. The first-order chi connectivity index (χ1) is 39.5. The Bertz CT molecular complexity index is 2130. The van der Waals surface area contributed by atoms with Crippen molar-refractivity contribution in [1.29, 1.82) is 0 Å². The average molecular weight is 1180 g/mol. The molecule has 3 aliphatic heterocycles. The Morgan fingerprint density at radius 3 is 1.07 bits per heavy atom. The topological polar surface area (TPSA) is 284 Å². The van der Waals surface area contributed by atoms with Gasteiger partial charge in [0.05, 0.1) is 25.9 Å². The molecule has 0 spiro atoms. The van der Waals surface area contributed by atoms with Crippen LogP contribution in [0.5, 0.6) is 0 Å². The number of esters is 3. The van der Waals surface area contributed by atoms with Crippen molar-refractivity contribution in [3.8, 4) is 0 Å². The Morgan fingerprint density at radius 2 is 0.768 bits per heavy atom. The number of benzene rings is 3. The Hall–Kier alpha value is -6.40. The van der Waals surface area contributed by atoms with Gasteiger partial charge in [-0.25, -0.2) is 14.4 Å². The second-order valence-electron chi connectivity index (χ2n) is 19.0. The summed E-state index contributed by atoms with van der Waals surface area (Å²) in [5.74, 6) is -1.77. The van der Waals surface area contributed by atoms with Gasteiger partial charge in [0.2, 0.25) is 0 Å². The molecule has 0 saturated carbocycles. The monoisotopic (exact) mass is 1180 g/mol. The van der Waals surface area contributed by atoms with Crippen molar-refractivity contribution < 1.29 is 91.9 Å². The molecule has 3 aliphatic rings. The largest absolute Gasteiger partial charge is 0.508 e. The van der Waals surface area contributed by atoms with Gasteiger partial charge in [-0.1, -0.05) is 91.0 Å². The van der Waals surface area contributed by atoms with Crippen molar-refractivity contribution in [2.24, 2.45) is 0 Å². The molecule has 3 aromatic carbocycles. The van der Waals surface area contributed by atoms with Crippen molar-refractivity contribution in [2.45, 2.75) is 128 Å². The lowest BCUT2D eigenvalue weighted by molar-refractivity contribution is -0.146. The molecule has 0 radical (unpaired) electrons. The van der Waals surface area contributed by atoms with Gasteiger partial charge in [0.1, 0.15) is 32.0 Å². The fourth-order valence-corrected chi connectivity index (χ4v) is 7.39. The van der Waals surface area contributed by atoms with Crippen molar-refractivity contribution in [3.05, 3.63) is 108 Å². The van der Waals surface area contributed by atoms with Crippen LogP contribution in [0.4, 0.5) is 14.4 Å². The highest BCUT2D eigenvalue weighted by molar-refractivity contribution is 6.61. The summed E-state index contributed by atoms with van der Waals surface area (Å²) in [6.07, 6.45) is 6.04. The third-order valence-electron chi connectivity index (χ3n) is 12.1. The van der Waals surface area contributed by atoms with E-state index in [1.807, 2.05) is 105 Å². The number of carboxylic acid groups (broad SMARTS) is 1. The van der Waals surface area contributed by atoms with Gasteiger partial charge < -0.3 is 73.0 Å². The first-order valence-corrected chi connectivity index (χ1v) is 28.0. The van der Waals surface area contributed by atoms with Crippen LogP contribution in [-0.2, 0) is 76.9 Å². The molecule has 6 rings (SSSR count). The molecule has 3 aromatic rings. The van der Waals surface area contributed by atoms with Gasteiger partial charge in [0.15, 0.2) is 0 Å². The summed E-state index contributed by atoms with van der Waals surface area (Å²) in [4.78, 5) is 83.8. The van der Waals surface area contributed by atoms with Crippen LogP contribution in [0.3, 0.4) is 0 Å². The van der Waals surface area contributed by atoms with Crippen LogP contribution >= 0.6 is 11.6 Å². The minimum absolute atomic E-state index is 0.00149. The van der Waals surface area contributed by atoms with E-state index < -0.39 is 23.7 Å². The van der Waals surface area contributed by atoms with Gasteiger partial charge in [0, 0.05) is 90.3 Å². The normalized spacial score (nSPS) is 14.6. The molecular formula is C59H88ClN3O19. The zero-order chi connectivity index (χ0) is 60.6. The summed E-state index contributed by atoms with van der Waals surface area (Å²) < 4.78 is 39.8. The van der Waals surface area contributed by atoms with E-state index in [1.54, 1.807) is 0 Å². The molecule has 0 aliphatic carbocycles. The number of carbonyl (C=O) groups excluding carboxylic acids is 6. The van der Waals surface area contributed by atoms with Gasteiger partial charge in [-0.15, -0.1) is 0 Å². The fraction of sp³-hybridized carbons (Fsp3) is 0.576. The SMILES string of the molecule is CN1CCC(O)CC1.CN1CCC(OC(=O)OCCCC(=O)O)CC1.CN1CCC(OC(=O)OCCCC(=O)OCc2ccccc2)CC1.CO.O=C(CCCO)OCc1ccccc1.O=C(Cl)OCCCC(=O)OCc1ccccc1. The van der Waals surface area contributed by atoms with Gasteiger partial charge in [-0.05, 0) is 102 Å². The van der Waals surface area contributed by atoms with E-state index in [1.165, 1.54) is 0 Å². The molecule has 0 unspecified atom stereocenters. The molecule has 0 aromatic heterocycles. The second-order valence-corrected chi connectivity index (χ2v) is 19.3. The standard InChI is InChI=1S/C18H25NO5.C12H13ClO4.C11H19NO5.C11H14O3.C6H13NO.CH4O/c1-19-11-9-16(10-12-19)24-18(21)22-13-5-8-17(20)23-14-15-6-3-2-4-7-15;13-12(15)16-8-4-7-11(14)17-9-10-5-2-1-3-6-10;1-12-6-4-9(5-7-12)17-11(15)16-8-2-3-10(13)14;12-8-4-7-11(13)14-9-10-5-2-1-3-6-10;1-7-4-2-6(8)3-5-7;1-2/h2-4,6-7,16H,5,8-14H2,1H3;1-3,5-6H,4,7-9H2;9H,2-8H2,1H3,(H,13,14);1-3,5-6,12H,4,7-9H2;6,8H,2-5H2,1H3;2H,1H3. The van der Waals surface area contributed by atoms with Gasteiger partial charge in [-0.3, -0.25) is 19.2 Å². The lowest BCUT2D eigenvalue weighted by Crippen LogP contribution is -2.35. The van der Waals surface area contributed by atoms with Crippen LogP contribution in [0.25, 0.3) is 0 Å². The highest BCUT2D eigenvalue weighted by Gasteiger charge is 2.22. The molecule has 0 atom stereocenters. The Kier molecular flexibility index (Phi) is 43.2. The number of nitrogens with zero attached hydrogens (tertiary/aromatic N) is 3. The van der Waals surface area contributed by atoms with Crippen molar-refractivity contribution >= 4 is 53.2 Å². The number of halogens is 1. The molecule has 4 N–H and O–H groups in total. The van der Waals surface area contributed by atoms with Crippen LogP contribution in [0, 0.1) is 0 Å². The highest BCUT2D eigenvalue weighted by Crippen LogP contribution is 2.15. The van der Waals surface area contributed by atoms with E-state index in [0.717, 1.165) is 102 Å². The summed E-state index contributed by atoms with van der Waals surface area (Å²) in [6, 6.07) is 28.4. The van der Waals surface area contributed by atoms with E-state index >= 15 is 0 Å². The maximum atomic E-state index is 11.6. The molecule has 3 heterocycles. The lowest BCUT2D eigenvalue weighted by atomic mass is 10.1. The first kappa shape index (κ1) is 73.6. The minimum Gasteiger partial charge on any atom is -0.481 e. The third kappa shape index (κ3) is 42.4. The van der Waals surface area contributed by atoms with Crippen LogP contribution < -0.4 is 0 Å².